The van der Waals surface area contributed by atoms with Gasteiger partial charge in [0.25, 0.3) is 0 Å². The molecule has 1 aliphatic heterocycles. The molecule has 2 unspecified atom stereocenters. The van der Waals surface area contributed by atoms with Crippen molar-refractivity contribution in [2.24, 2.45) is 11.7 Å². The summed E-state index contributed by atoms with van der Waals surface area (Å²) in [7, 11) is -2.98. The normalized spacial score (nSPS) is 25.1. The number of ether oxygens (including phenoxy) is 1. The number of nitrogens with two attached hydrogens (primary N) is 1. The fraction of sp³-hybridized carbons (Fsp3) is 1.00. The molecule has 1 rings (SSSR count). The second-order valence-electron chi connectivity index (χ2n) is 4.05. The Morgan fingerprint density at radius 1 is 1.57 bits per heavy atom. The molecule has 1 aliphatic rings. The zero-order valence-electron chi connectivity index (χ0n) is 8.61. The molecule has 1 fully saturated rings. The highest BCUT2D eigenvalue weighted by Crippen LogP contribution is 2.15. The second-order valence-corrected chi connectivity index (χ2v) is 6.21. The van der Waals surface area contributed by atoms with Crippen LogP contribution in [0.4, 0.5) is 0 Å². The molecule has 2 atom stereocenters. The minimum atomic E-state index is -2.98. The third-order valence-electron chi connectivity index (χ3n) is 2.40. The topological polar surface area (TPSA) is 69.4 Å². The third-order valence-corrected chi connectivity index (χ3v) is 4.36. The number of sulfone groups is 1. The molecule has 0 amide bonds. The summed E-state index contributed by atoms with van der Waals surface area (Å²) in [5.41, 5.74) is 5.39. The lowest BCUT2D eigenvalue weighted by atomic mass is 10.2. The van der Waals surface area contributed by atoms with Gasteiger partial charge in [-0.15, -0.1) is 0 Å². The van der Waals surface area contributed by atoms with Crippen LogP contribution < -0.4 is 5.73 Å². The molecule has 4 nitrogen and oxygen atoms in total. The lowest BCUT2D eigenvalue weighted by Gasteiger charge is -2.12. The molecular weight excluding hydrogens is 202 g/mol. The largest absolute Gasteiger partial charge is 0.377 e. The molecular formula is C9H19NO3S. The molecule has 0 aliphatic carbocycles. The van der Waals surface area contributed by atoms with Crippen LogP contribution in [-0.4, -0.2) is 39.2 Å². The summed E-state index contributed by atoms with van der Waals surface area (Å²) < 4.78 is 28.5. The van der Waals surface area contributed by atoms with E-state index in [1.807, 2.05) is 6.92 Å². The molecule has 0 bridgehead atoms. The van der Waals surface area contributed by atoms with Crippen LogP contribution >= 0.6 is 0 Å². The van der Waals surface area contributed by atoms with Gasteiger partial charge in [-0.1, -0.05) is 6.92 Å². The maximum Gasteiger partial charge on any atom is 0.153 e. The Bertz CT molecular complexity index is 257. The summed E-state index contributed by atoms with van der Waals surface area (Å²) in [6, 6.07) is 0. The van der Waals surface area contributed by atoms with Crippen LogP contribution in [0.25, 0.3) is 0 Å². The van der Waals surface area contributed by atoms with E-state index >= 15 is 0 Å². The first-order valence-corrected chi connectivity index (χ1v) is 6.88. The van der Waals surface area contributed by atoms with E-state index in [4.69, 9.17) is 10.5 Å². The van der Waals surface area contributed by atoms with Gasteiger partial charge in [-0.05, 0) is 25.3 Å². The molecule has 84 valence electrons. The molecule has 0 radical (unpaired) electrons. The Morgan fingerprint density at radius 2 is 2.29 bits per heavy atom. The monoisotopic (exact) mass is 221 g/mol. The fourth-order valence-electron chi connectivity index (χ4n) is 1.63. The number of rotatable bonds is 5. The van der Waals surface area contributed by atoms with Gasteiger partial charge in [-0.3, -0.25) is 0 Å². The van der Waals surface area contributed by atoms with Crippen molar-refractivity contribution in [2.45, 2.75) is 25.9 Å². The minimum absolute atomic E-state index is 0.0430. The van der Waals surface area contributed by atoms with Gasteiger partial charge >= 0.3 is 0 Å². The summed E-state index contributed by atoms with van der Waals surface area (Å²) in [6.45, 7) is 2.98. The van der Waals surface area contributed by atoms with Crippen LogP contribution in [0, 0.1) is 5.92 Å². The number of hydrogen-bond acceptors (Lipinski definition) is 4. The van der Waals surface area contributed by atoms with Crippen LogP contribution in [0.15, 0.2) is 0 Å². The first-order chi connectivity index (χ1) is 6.53. The Balaban J connectivity index is 2.40. The van der Waals surface area contributed by atoms with E-state index in [-0.39, 0.29) is 23.5 Å². The summed E-state index contributed by atoms with van der Waals surface area (Å²) in [5, 5.41) is 0. The van der Waals surface area contributed by atoms with Gasteiger partial charge in [-0.25, -0.2) is 8.42 Å². The summed E-state index contributed by atoms with van der Waals surface area (Å²) in [5.74, 6) is 0.391. The summed E-state index contributed by atoms with van der Waals surface area (Å²) in [6.07, 6.45) is 1.77. The average Bonchev–Trinajstić information content (AvgIpc) is 2.54. The zero-order valence-corrected chi connectivity index (χ0v) is 9.42. The first kappa shape index (κ1) is 11.9. The Labute approximate surface area is 85.7 Å². The van der Waals surface area contributed by atoms with Gasteiger partial charge in [-0.2, -0.15) is 0 Å². The maximum atomic E-state index is 11.6. The van der Waals surface area contributed by atoms with Crippen molar-refractivity contribution in [3.05, 3.63) is 0 Å². The van der Waals surface area contributed by atoms with Gasteiger partial charge in [0.2, 0.25) is 0 Å². The summed E-state index contributed by atoms with van der Waals surface area (Å²) in [4.78, 5) is 0. The average molecular weight is 221 g/mol. The van der Waals surface area contributed by atoms with E-state index < -0.39 is 9.84 Å². The SMILES string of the molecule is CC(CN)CS(=O)(=O)CC1CCCO1. The first-order valence-electron chi connectivity index (χ1n) is 5.05. The second kappa shape index (κ2) is 5.09. The highest BCUT2D eigenvalue weighted by Gasteiger charge is 2.24. The van der Waals surface area contributed by atoms with E-state index in [0.717, 1.165) is 12.8 Å². The minimum Gasteiger partial charge on any atom is -0.377 e. The van der Waals surface area contributed by atoms with E-state index in [1.54, 1.807) is 0 Å². The predicted molar refractivity (Wildman–Crippen MR) is 55.8 cm³/mol. The Hall–Kier alpha value is -0.130. The molecule has 0 saturated carbocycles. The highest BCUT2D eigenvalue weighted by molar-refractivity contribution is 7.91. The predicted octanol–water partition coefficient (Wildman–Crippen LogP) is 0.175. The van der Waals surface area contributed by atoms with Crippen molar-refractivity contribution in [3.8, 4) is 0 Å². The molecule has 0 aromatic heterocycles. The molecule has 14 heavy (non-hydrogen) atoms. The van der Waals surface area contributed by atoms with E-state index in [2.05, 4.69) is 0 Å². The van der Waals surface area contributed by atoms with E-state index in [9.17, 15) is 8.42 Å². The van der Waals surface area contributed by atoms with Crippen LogP contribution in [0.1, 0.15) is 19.8 Å². The third kappa shape index (κ3) is 3.94. The van der Waals surface area contributed by atoms with Crippen molar-refractivity contribution < 1.29 is 13.2 Å². The van der Waals surface area contributed by atoms with Crippen molar-refractivity contribution in [3.63, 3.8) is 0 Å². The van der Waals surface area contributed by atoms with Gasteiger partial charge < -0.3 is 10.5 Å². The fourth-order valence-corrected chi connectivity index (χ4v) is 3.60. The van der Waals surface area contributed by atoms with Crippen LogP contribution in [-0.2, 0) is 14.6 Å². The maximum absolute atomic E-state index is 11.6. The smallest absolute Gasteiger partial charge is 0.153 e. The molecule has 5 heteroatoms. The quantitative estimate of drug-likeness (QED) is 0.718. The van der Waals surface area contributed by atoms with Crippen LogP contribution in [0.5, 0.6) is 0 Å². The Morgan fingerprint density at radius 3 is 2.79 bits per heavy atom. The van der Waals surface area contributed by atoms with Crippen LogP contribution in [0.3, 0.4) is 0 Å². The highest BCUT2D eigenvalue weighted by atomic mass is 32.2. The van der Waals surface area contributed by atoms with Crippen molar-refractivity contribution in [2.75, 3.05) is 24.7 Å². The van der Waals surface area contributed by atoms with Crippen molar-refractivity contribution in [1.29, 1.82) is 0 Å². The number of hydrogen-bond donors (Lipinski definition) is 1. The molecule has 0 aromatic rings. The molecule has 1 heterocycles. The van der Waals surface area contributed by atoms with Crippen molar-refractivity contribution in [1.82, 2.24) is 0 Å². The zero-order chi connectivity index (χ0) is 10.6. The molecule has 0 aromatic carbocycles. The van der Waals surface area contributed by atoms with E-state index in [0.29, 0.717) is 13.2 Å². The molecule has 1 saturated heterocycles. The summed E-state index contributed by atoms with van der Waals surface area (Å²) >= 11 is 0. The van der Waals surface area contributed by atoms with Gasteiger partial charge in [0.05, 0.1) is 17.6 Å². The van der Waals surface area contributed by atoms with Gasteiger partial charge in [0, 0.05) is 6.61 Å². The lowest BCUT2D eigenvalue weighted by Crippen LogP contribution is -2.27. The van der Waals surface area contributed by atoms with E-state index in [1.165, 1.54) is 0 Å². The van der Waals surface area contributed by atoms with Gasteiger partial charge in [0.15, 0.2) is 9.84 Å². The Kier molecular flexibility index (Phi) is 4.34. The van der Waals surface area contributed by atoms with Gasteiger partial charge in [0.1, 0.15) is 0 Å². The molecule has 0 spiro atoms. The van der Waals surface area contributed by atoms with Crippen LogP contribution in [0.2, 0.25) is 0 Å². The lowest BCUT2D eigenvalue weighted by molar-refractivity contribution is 0.127. The van der Waals surface area contributed by atoms with Crippen molar-refractivity contribution >= 4 is 9.84 Å². The standard InChI is InChI=1S/C9H19NO3S/c1-8(5-10)6-14(11,12)7-9-3-2-4-13-9/h8-9H,2-7,10H2,1H3. The molecule has 2 N–H and O–H groups in total.